The molecule has 1 N–H and O–H groups in total. The third-order valence-electron chi connectivity index (χ3n) is 8.37. The van der Waals surface area contributed by atoms with Gasteiger partial charge in [0.1, 0.15) is 18.0 Å². The van der Waals surface area contributed by atoms with Crippen molar-refractivity contribution in [3.8, 4) is 11.1 Å². The van der Waals surface area contributed by atoms with Crippen molar-refractivity contribution in [1.29, 1.82) is 0 Å². The van der Waals surface area contributed by atoms with E-state index in [0.717, 1.165) is 31.5 Å². The molecule has 1 aromatic heterocycles. The lowest BCUT2D eigenvalue weighted by molar-refractivity contribution is -0.176. The number of aliphatic imine (C=N–C) groups is 1. The number of rotatable bonds is 12. The van der Waals surface area contributed by atoms with E-state index in [-0.39, 0.29) is 28.8 Å². The minimum Gasteiger partial charge on any atom is -0.367 e. The molecule has 13 heteroatoms. The maximum atomic E-state index is 13.7. The first-order chi connectivity index (χ1) is 21.3. The number of carbonyl (C=O) groups is 1. The highest BCUT2D eigenvalue weighted by molar-refractivity contribution is 7.92. The summed E-state index contributed by atoms with van der Waals surface area (Å²) in [7, 11) is -4.20. The van der Waals surface area contributed by atoms with Gasteiger partial charge in [0, 0.05) is 17.5 Å². The topological polar surface area (TPSA) is 114 Å². The first kappa shape index (κ1) is 32.7. The molecule has 2 aromatic carbocycles. The standard InChI is InChI=1S/C32H37F3N4O5S/c1-4-5-12-28-36-31(15-8-9-16-31)30(40)39(28)18-23-13-14-25(24(17-23)19-43-20-32(33,34)35)26-10-6-7-11-27(26)45(41,42)38-29-21(2)22(3)37-44-29/h6-7,10-11,13-14,17,38H,4-5,8-9,12,15-16,18-20H2,1-3H3. The zero-order valence-corrected chi connectivity index (χ0v) is 26.4. The molecule has 3 aromatic rings. The van der Waals surface area contributed by atoms with Crippen LogP contribution in [0, 0.1) is 13.8 Å². The molecule has 2 heterocycles. The summed E-state index contributed by atoms with van der Waals surface area (Å²) in [6.07, 6.45) is 1.22. The number of halogens is 3. The number of benzene rings is 2. The number of alkyl halides is 3. The summed E-state index contributed by atoms with van der Waals surface area (Å²) in [5, 5.41) is 3.80. The van der Waals surface area contributed by atoms with Crippen molar-refractivity contribution in [2.24, 2.45) is 4.99 Å². The van der Waals surface area contributed by atoms with Crippen molar-refractivity contribution >= 4 is 27.7 Å². The van der Waals surface area contributed by atoms with Gasteiger partial charge in [0.05, 0.1) is 23.7 Å². The smallest absolute Gasteiger partial charge is 0.367 e. The predicted molar refractivity (Wildman–Crippen MR) is 163 cm³/mol. The summed E-state index contributed by atoms with van der Waals surface area (Å²) < 4.78 is 78.9. The minimum atomic E-state index is -4.54. The first-order valence-electron chi connectivity index (χ1n) is 15.1. The number of hydrogen-bond donors (Lipinski definition) is 1. The summed E-state index contributed by atoms with van der Waals surface area (Å²) in [5.74, 6) is 0.677. The maximum Gasteiger partial charge on any atom is 0.411 e. The Hall–Kier alpha value is -3.71. The van der Waals surface area contributed by atoms with Crippen LogP contribution in [0.25, 0.3) is 11.1 Å². The highest BCUT2D eigenvalue weighted by Crippen LogP contribution is 2.40. The third-order valence-corrected chi connectivity index (χ3v) is 9.76. The molecule has 1 aliphatic heterocycles. The van der Waals surface area contributed by atoms with E-state index in [2.05, 4.69) is 16.8 Å². The van der Waals surface area contributed by atoms with Crippen LogP contribution in [0.3, 0.4) is 0 Å². The zero-order valence-electron chi connectivity index (χ0n) is 25.5. The fraction of sp³-hybridized carbons (Fsp3) is 0.469. The van der Waals surface area contributed by atoms with Crippen LogP contribution in [0.4, 0.5) is 19.1 Å². The van der Waals surface area contributed by atoms with Crippen molar-refractivity contribution in [2.75, 3.05) is 11.3 Å². The molecule has 0 atom stereocenters. The van der Waals surface area contributed by atoms with Gasteiger partial charge in [-0.25, -0.2) is 13.1 Å². The zero-order chi connectivity index (χ0) is 32.4. The van der Waals surface area contributed by atoms with Crippen LogP contribution >= 0.6 is 0 Å². The van der Waals surface area contributed by atoms with Crippen LogP contribution < -0.4 is 4.72 Å². The number of amides is 1. The second-order valence-electron chi connectivity index (χ2n) is 11.7. The van der Waals surface area contributed by atoms with E-state index >= 15 is 0 Å². The Kier molecular flexibility index (Phi) is 9.41. The number of anilines is 1. The molecule has 9 nitrogen and oxygen atoms in total. The second-order valence-corrected chi connectivity index (χ2v) is 13.3. The monoisotopic (exact) mass is 646 g/mol. The van der Waals surface area contributed by atoms with Crippen molar-refractivity contribution in [3.05, 3.63) is 64.8 Å². The van der Waals surface area contributed by atoms with Gasteiger partial charge in [-0.2, -0.15) is 13.2 Å². The van der Waals surface area contributed by atoms with Gasteiger partial charge >= 0.3 is 6.18 Å². The van der Waals surface area contributed by atoms with E-state index in [4.69, 9.17) is 14.3 Å². The number of nitrogens with one attached hydrogen (secondary N) is 1. The van der Waals surface area contributed by atoms with Crippen LogP contribution in [0.15, 0.2) is 56.9 Å². The molecule has 1 amide bonds. The molecule has 0 saturated heterocycles. The van der Waals surface area contributed by atoms with Crippen molar-refractivity contribution in [2.45, 2.75) is 95.5 Å². The van der Waals surface area contributed by atoms with Crippen LogP contribution in [-0.4, -0.2) is 48.5 Å². The Morgan fingerprint density at radius 3 is 2.49 bits per heavy atom. The Morgan fingerprint density at radius 1 is 1.09 bits per heavy atom. The number of sulfonamides is 1. The summed E-state index contributed by atoms with van der Waals surface area (Å²) in [6.45, 7) is 3.72. The van der Waals surface area contributed by atoms with E-state index in [1.54, 1.807) is 55.1 Å². The summed E-state index contributed by atoms with van der Waals surface area (Å²) >= 11 is 0. The van der Waals surface area contributed by atoms with Gasteiger partial charge in [-0.3, -0.25) is 14.7 Å². The van der Waals surface area contributed by atoms with E-state index in [1.165, 1.54) is 6.07 Å². The van der Waals surface area contributed by atoms with Crippen LogP contribution in [-0.2, 0) is 32.7 Å². The number of carbonyl (C=O) groups excluding carboxylic acids is 1. The third kappa shape index (κ3) is 7.09. The quantitative estimate of drug-likeness (QED) is 0.225. The van der Waals surface area contributed by atoms with E-state index in [1.807, 2.05) is 0 Å². The fourth-order valence-electron chi connectivity index (χ4n) is 5.90. The van der Waals surface area contributed by atoms with E-state index in [0.29, 0.717) is 47.2 Å². The normalized spacial score (nSPS) is 16.5. The number of nitrogens with zero attached hydrogens (tertiary/aromatic N) is 3. The lowest BCUT2D eigenvalue weighted by atomic mass is 9.96. The molecule has 1 saturated carbocycles. The predicted octanol–water partition coefficient (Wildman–Crippen LogP) is 7.08. The van der Waals surface area contributed by atoms with Gasteiger partial charge < -0.3 is 9.26 Å². The summed E-state index contributed by atoms with van der Waals surface area (Å²) in [4.78, 5) is 20.2. The highest BCUT2D eigenvalue weighted by atomic mass is 32.2. The lowest BCUT2D eigenvalue weighted by Gasteiger charge is -2.23. The highest BCUT2D eigenvalue weighted by Gasteiger charge is 2.49. The summed E-state index contributed by atoms with van der Waals surface area (Å²) in [6, 6.07) is 11.3. The van der Waals surface area contributed by atoms with Crippen molar-refractivity contribution in [3.63, 3.8) is 0 Å². The van der Waals surface area contributed by atoms with Gasteiger partial charge in [-0.05, 0) is 55.9 Å². The Bertz CT molecular complexity index is 1690. The van der Waals surface area contributed by atoms with Gasteiger partial charge in [-0.1, -0.05) is 67.7 Å². The number of ether oxygens (including phenoxy) is 1. The maximum absolute atomic E-state index is 13.7. The largest absolute Gasteiger partial charge is 0.411 e. The Balaban J connectivity index is 1.50. The number of aromatic nitrogens is 1. The van der Waals surface area contributed by atoms with Crippen molar-refractivity contribution < 1.29 is 35.6 Å². The molecule has 0 unspecified atom stereocenters. The van der Waals surface area contributed by atoms with Crippen LogP contribution in [0.1, 0.15) is 74.3 Å². The fourth-order valence-corrected chi connectivity index (χ4v) is 7.17. The number of aryl methyl sites for hydroxylation is 1. The van der Waals surface area contributed by atoms with E-state index < -0.39 is 35.0 Å². The first-order valence-corrected chi connectivity index (χ1v) is 16.5. The Morgan fingerprint density at radius 2 is 1.82 bits per heavy atom. The van der Waals surface area contributed by atoms with Gasteiger partial charge in [-0.15, -0.1) is 0 Å². The average Bonchev–Trinajstić information content (AvgIpc) is 3.66. The number of amidine groups is 1. The molecule has 45 heavy (non-hydrogen) atoms. The summed E-state index contributed by atoms with van der Waals surface area (Å²) in [5.41, 5.74) is 2.00. The van der Waals surface area contributed by atoms with Gasteiger partial charge in [0.2, 0.25) is 5.88 Å². The molecular weight excluding hydrogens is 609 g/mol. The molecular formula is C32H37F3N4O5S. The lowest BCUT2D eigenvalue weighted by Crippen LogP contribution is -2.40. The molecule has 242 valence electrons. The van der Waals surface area contributed by atoms with Gasteiger partial charge in [0.25, 0.3) is 15.9 Å². The molecule has 1 fully saturated rings. The molecule has 0 bridgehead atoms. The number of hydrogen-bond acceptors (Lipinski definition) is 7. The van der Waals surface area contributed by atoms with Gasteiger partial charge in [0.15, 0.2) is 0 Å². The molecule has 0 radical (unpaired) electrons. The van der Waals surface area contributed by atoms with Crippen molar-refractivity contribution in [1.82, 2.24) is 10.1 Å². The number of unbranched alkanes of at least 4 members (excludes halogenated alkanes) is 1. The Labute approximate surface area is 260 Å². The molecule has 1 aliphatic carbocycles. The molecule has 2 aliphatic rings. The van der Waals surface area contributed by atoms with E-state index in [9.17, 15) is 26.4 Å². The van der Waals surface area contributed by atoms with Crippen LogP contribution in [0.5, 0.6) is 0 Å². The SMILES string of the molecule is CCCCC1=NC2(CCCC2)C(=O)N1Cc1ccc(-c2ccccc2S(=O)(=O)Nc2onc(C)c2C)c(COCC(F)(F)F)c1. The minimum absolute atomic E-state index is 0.0257. The van der Waals surface area contributed by atoms with Crippen LogP contribution in [0.2, 0.25) is 0 Å². The molecule has 5 rings (SSSR count). The molecule has 1 spiro atoms. The average molecular weight is 647 g/mol. The second kappa shape index (κ2) is 13.0.